The van der Waals surface area contributed by atoms with Crippen molar-refractivity contribution in [1.29, 1.82) is 0 Å². The number of hydrogen-bond donors (Lipinski definition) is 2. The Morgan fingerprint density at radius 2 is 1.61 bits per heavy atom. The highest BCUT2D eigenvalue weighted by atomic mass is 32.2. The lowest BCUT2D eigenvalue weighted by atomic mass is 9.93. The minimum Gasteiger partial charge on any atom is -0.455 e. The van der Waals surface area contributed by atoms with E-state index in [0.717, 1.165) is 23.1 Å². The van der Waals surface area contributed by atoms with Crippen LogP contribution in [-0.2, 0) is 23.0 Å². The van der Waals surface area contributed by atoms with E-state index < -0.39 is 10.0 Å². The SMILES string of the molecule is Cc1ccc(CNC(=O)c2oc3c(c2C)/C(=N/NS(=O)(=O)c2ccc(C)cc2)CCC3)cc1. The third kappa shape index (κ3) is 5.01. The maximum atomic E-state index is 12.8. The van der Waals surface area contributed by atoms with Gasteiger partial charge in [0.2, 0.25) is 0 Å². The highest BCUT2D eigenvalue weighted by Crippen LogP contribution is 2.30. The van der Waals surface area contributed by atoms with Crippen molar-refractivity contribution < 1.29 is 17.6 Å². The van der Waals surface area contributed by atoms with Crippen molar-refractivity contribution in [3.05, 3.63) is 87.9 Å². The van der Waals surface area contributed by atoms with Crippen LogP contribution in [0.3, 0.4) is 0 Å². The lowest BCUT2D eigenvalue weighted by molar-refractivity contribution is 0.0920. The average molecular weight is 466 g/mol. The van der Waals surface area contributed by atoms with Gasteiger partial charge in [0.1, 0.15) is 5.76 Å². The summed E-state index contributed by atoms with van der Waals surface area (Å²) in [6, 6.07) is 14.5. The summed E-state index contributed by atoms with van der Waals surface area (Å²) in [5.41, 5.74) is 5.08. The number of nitrogens with zero attached hydrogens (tertiary/aromatic N) is 1. The van der Waals surface area contributed by atoms with Gasteiger partial charge in [-0.1, -0.05) is 47.5 Å². The highest BCUT2D eigenvalue weighted by molar-refractivity contribution is 7.89. The quantitative estimate of drug-likeness (QED) is 0.534. The minimum absolute atomic E-state index is 0.147. The number of hydrogen-bond acceptors (Lipinski definition) is 5. The second-order valence-corrected chi connectivity index (χ2v) is 10.0. The van der Waals surface area contributed by atoms with Gasteiger partial charge in [-0.3, -0.25) is 4.79 Å². The molecule has 1 heterocycles. The van der Waals surface area contributed by atoms with E-state index >= 15 is 0 Å². The summed E-state index contributed by atoms with van der Waals surface area (Å²) in [6.07, 6.45) is 2.02. The van der Waals surface area contributed by atoms with E-state index in [2.05, 4.69) is 15.2 Å². The Morgan fingerprint density at radius 3 is 2.27 bits per heavy atom. The molecule has 0 unspecified atom stereocenters. The van der Waals surface area contributed by atoms with Gasteiger partial charge in [0.05, 0.1) is 10.6 Å². The summed E-state index contributed by atoms with van der Waals surface area (Å²) < 4.78 is 31.2. The lowest BCUT2D eigenvalue weighted by Crippen LogP contribution is -2.23. The predicted molar refractivity (Wildman–Crippen MR) is 127 cm³/mol. The summed E-state index contributed by atoms with van der Waals surface area (Å²) in [5, 5.41) is 7.12. The fourth-order valence-electron chi connectivity index (χ4n) is 3.85. The number of carbonyl (C=O) groups excluding carboxylic acids is 1. The van der Waals surface area contributed by atoms with Crippen LogP contribution in [0, 0.1) is 20.8 Å². The third-order valence-corrected chi connectivity index (χ3v) is 6.96. The van der Waals surface area contributed by atoms with E-state index in [1.165, 1.54) is 0 Å². The molecule has 1 aromatic heterocycles. The van der Waals surface area contributed by atoms with Crippen LogP contribution < -0.4 is 10.1 Å². The molecule has 33 heavy (non-hydrogen) atoms. The summed E-state index contributed by atoms with van der Waals surface area (Å²) in [5.74, 6) is 0.595. The van der Waals surface area contributed by atoms with E-state index in [4.69, 9.17) is 4.42 Å². The predicted octanol–water partition coefficient (Wildman–Crippen LogP) is 4.15. The summed E-state index contributed by atoms with van der Waals surface area (Å²) in [7, 11) is -3.79. The molecule has 0 aliphatic heterocycles. The van der Waals surface area contributed by atoms with Crippen LogP contribution in [0.2, 0.25) is 0 Å². The zero-order valence-corrected chi connectivity index (χ0v) is 19.8. The Balaban J connectivity index is 1.53. The van der Waals surface area contributed by atoms with Crippen LogP contribution >= 0.6 is 0 Å². The molecule has 4 rings (SSSR count). The maximum Gasteiger partial charge on any atom is 0.287 e. The van der Waals surface area contributed by atoms with Gasteiger partial charge in [-0.25, -0.2) is 0 Å². The molecular formula is C25H27N3O4S. The number of benzene rings is 2. The molecule has 172 valence electrons. The Morgan fingerprint density at radius 1 is 0.970 bits per heavy atom. The highest BCUT2D eigenvalue weighted by Gasteiger charge is 2.28. The van der Waals surface area contributed by atoms with Crippen molar-refractivity contribution in [1.82, 2.24) is 10.1 Å². The molecule has 1 aliphatic rings. The van der Waals surface area contributed by atoms with E-state index in [1.807, 2.05) is 38.1 Å². The Kier molecular flexibility index (Phi) is 6.37. The van der Waals surface area contributed by atoms with Crippen LogP contribution in [-0.4, -0.2) is 20.0 Å². The molecule has 1 aliphatic carbocycles. The molecule has 2 aromatic carbocycles. The van der Waals surface area contributed by atoms with Crippen LogP contribution in [0.25, 0.3) is 0 Å². The molecule has 8 heteroatoms. The van der Waals surface area contributed by atoms with Gasteiger partial charge in [0.15, 0.2) is 5.76 Å². The van der Waals surface area contributed by atoms with Gasteiger partial charge in [0, 0.05) is 24.1 Å². The molecule has 0 radical (unpaired) electrons. The molecular weight excluding hydrogens is 438 g/mol. The number of furan rings is 1. The molecule has 3 aromatic rings. The fraction of sp³-hybridized carbons (Fsp3) is 0.280. The molecule has 2 N–H and O–H groups in total. The van der Waals surface area contributed by atoms with Crippen LogP contribution in [0.5, 0.6) is 0 Å². The molecule has 0 saturated heterocycles. The van der Waals surface area contributed by atoms with Gasteiger partial charge in [-0.15, -0.1) is 0 Å². The molecule has 7 nitrogen and oxygen atoms in total. The zero-order valence-electron chi connectivity index (χ0n) is 18.9. The van der Waals surface area contributed by atoms with Crippen molar-refractivity contribution >= 4 is 21.6 Å². The second-order valence-electron chi connectivity index (χ2n) is 8.34. The summed E-state index contributed by atoms with van der Waals surface area (Å²) >= 11 is 0. The Labute approximate surface area is 194 Å². The summed E-state index contributed by atoms with van der Waals surface area (Å²) in [6.45, 7) is 6.10. The summed E-state index contributed by atoms with van der Waals surface area (Å²) in [4.78, 5) is 15.3. The lowest BCUT2D eigenvalue weighted by Gasteiger charge is -2.14. The average Bonchev–Trinajstić information content (AvgIpc) is 3.14. The molecule has 0 atom stereocenters. The first-order valence-electron chi connectivity index (χ1n) is 10.9. The number of amides is 1. The smallest absolute Gasteiger partial charge is 0.287 e. The van der Waals surface area contributed by atoms with Gasteiger partial charge in [0.25, 0.3) is 15.9 Å². The number of nitrogens with one attached hydrogen (secondary N) is 2. The first kappa shape index (κ1) is 22.8. The number of rotatable bonds is 6. The van der Waals surface area contributed by atoms with Gasteiger partial charge in [-0.05, 0) is 51.3 Å². The van der Waals surface area contributed by atoms with Crippen molar-refractivity contribution in [2.75, 3.05) is 0 Å². The van der Waals surface area contributed by atoms with Gasteiger partial charge in [-0.2, -0.15) is 18.4 Å². The number of sulfonamides is 1. The number of aryl methyl sites for hydroxylation is 3. The molecule has 1 amide bonds. The third-order valence-electron chi connectivity index (χ3n) is 5.74. The monoisotopic (exact) mass is 465 g/mol. The van der Waals surface area contributed by atoms with Crippen LogP contribution in [0.4, 0.5) is 0 Å². The second kappa shape index (κ2) is 9.23. The Hall–Kier alpha value is -3.39. The molecule has 0 bridgehead atoms. The van der Waals surface area contributed by atoms with E-state index in [1.54, 1.807) is 31.2 Å². The minimum atomic E-state index is -3.79. The van der Waals surface area contributed by atoms with Crippen molar-refractivity contribution in [2.24, 2.45) is 5.10 Å². The van der Waals surface area contributed by atoms with Crippen molar-refractivity contribution in [2.45, 2.75) is 51.5 Å². The molecule has 0 saturated carbocycles. The first-order chi connectivity index (χ1) is 15.7. The topological polar surface area (TPSA) is 101 Å². The number of hydrazone groups is 1. The molecule has 0 spiro atoms. The van der Waals surface area contributed by atoms with Gasteiger partial charge < -0.3 is 9.73 Å². The first-order valence-corrected chi connectivity index (χ1v) is 12.3. The van der Waals surface area contributed by atoms with E-state index in [9.17, 15) is 13.2 Å². The molecule has 0 fully saturated rings. The Bertz CT molecular complexity index is 1300. The standard InChI is InChI=1S/C25H27N3O4S/c1-16-7-11-19(12-8-16)15-26-25(29)24-18(3)23-21(5-4-6-22(23)32-24)27-28-33(30,31)20-13-9-17(2)10-14-20/h7-14,28H,4-6,15H2,1-3H3,(H,26,29)/b27-21+. The van der Waals surface area contributed by atoms with Crippen LogP contribution in [0.1, 0.15) is 57.0 Å². The largest absolute Gasteiger partial charge is 0.455 e. The van der Waals surface area contributed by atoms with Crippen LogP contribution in [0.15, 0.2) is 62.9 Å². The van der Waals surface area contributed by atoms with E-state index in [-0.39, 0.29) is 16.6 Å². The maximum absolute atomic E-state index is 12.8. The number of fused-ring (bicyclic) bond motifs is 1. The fourth-order valence-corrected chi connectivity index (χ4v) is 4.68. The van der Waals surface area contributed by atoms with E-state index in [0.29, 0.717) is 42.0 Å². The normalized spacial score (nSPS) is 14.7. The van der Waals surface area contributed by atoms with Crippen molar-refractivity contribution in [3.63, 3.8) is 0 Å². The van der Waals surface area contributed by atoms with Gasteiger partial charge >= 0.3 is 0 Å². The van der Waals surface area contributed by atoms with Crippen molar-refractivity contribution in [3.8, 4) is 0 Å². The number of carbonyl (C=O) groups is 1. The zero-order chi connectivity index (χ0) is 23.6.